The zero-order chi connectivity index (χ0) is 7.98. The SMILES string of the molecule is C[C@H](CCN)CCC(N)=O. The van der Waals surface area contributed by atoms with Gasteiger partial charge in [-0.25, -0.2) is 0 Å². The molecule has 0 aliphatic heterocycles. The van der Waals surface area contributed by atoms with Crippen molar-refractivity contribution in [3.05, 3.63) is 0 Å². The number of carbonyl (C=O) groups excluding carboxylic acids is 1. The Kier molecular flexibility index (Phi) is 4.94. The third kappa shape index (κ3) is 5.56. The van der Waals surface area contributed by atoms with Gasteiger partial charge in [0.2, 0.25) is 5.91 Å². The molecule has 3 heteroatoms. The molecule has 4 N–H and O–H groups in total. The Morgan fingerprint density at radius 3 is 2.50 bits per heavy atom. The minimum absolute atomic E-state index is 0.219. The van der Waals surface area contributed by atoms with Crippen LogP contribution in [0.4, 0.5) is 0 Å². The molecule has 0 fully saturated rings. The van der Waals surface area contributed by atoms with Gasteiger partial charge >= 0.3 is 0 Å². The van der Waals surface area contributed by atoms with E-state index in [-0.39, 0.29) is 5.91 Å². The van der Waals surface area contributed by atoms with Gasteiger partial charge in [-0.05, 0) is 25.3 Å². The summed E-state index contributed by atoms with van der Waals surface area (Å²) in [6.45, 7) is 2.77. The number of carbonyl (C=O) groups is 1. The molecule has 0 radical (unpaired) electrons. The smallest absolute Gasteiger partial charge is 0.217 e. The van der Waals surface area contributed by atoms with Gasteiger partial charge in [-0.3, -0.25) is 4.79 Å². The Hall–Kier alpha value is -0.570. The van der Waals surface area contributed by atoms with Crippen LogP contribution < -0.4 is 11.5 Å². The van der Waals surface area contributed by atoms with Gasteiger partial charge in [0.1, 0.15) is 0 Å². The van der Waals surface area contributed by atoms with Crippen molar-refractivity contribution in [1.29, 1.82) is 0 Å². The molecule has 0 saturated heterocycles. The first kappa shape index (κ1) is 9.43. The van der Waals surface area contributed by atoms with Gasteiger partial charge in [-0.1, -0.05) is 6.92 Å². The monoisotopic (exact) mass is 144 g/mol. The highest BCUT2D eigenvalue weighted by atomic mass is 16.1. The van der Waals surface area contributed by atoms with Crippen molar-refractivity contribution in [3.63, 3.8) is 0 Å². The molecule has 0 saturated carbocycles. The number of nitrogens with two attached hydrogens (primary N) is 2. The fourth-order valence-electron chi connectivity index (χ4n) is 0.818. The Morgan fingerprint density at radius 2 is 2.10 bits per heavy atom. The van der Waals surface area contributed by atoms with Gasteiger partial charge in [0.05, 0.1) is 0 Å². The maximum atomic E-state index is 10.3. The molecule has 0 bridgehead atoms. The van der Waals surface area contributed by atoms with E-state index in [1.165, 1.54) is 0 Å². The maximum Gasteiger partial charge on any atom is 0.217 e. The quantitative estimate of drug-likeness (QED) is 0.580. The average Bonchev–Trinajstić information content (AvgIpc) is 1.85. The Morgan fingerprint density at radius 1 is 1.50 bits per heavy atom. The van der Waals surface area contributed by atoms with E-state index in [1.54, 1.807) is 0 Å². The lowest BCUT2D eigenvalue weighted by molar-refractivity contribution is -0.118. The molecule has 0 aromatic rings. The third-order valence-corrected chi connectivity index (χ3v) is 1.54. The first-order chi connectivity index (χ1) is 4.66. The molecule has 0 aromatic heterocycles. The molecular weight excluding hydrogens is 128 g/mol. The number of amides is 1. The predicted molar refractivity (Wildman–Crippen MR) is 41.3 cm³/mol. The van der Waals surface area contributed by atoms with Gasteiger partial charge < -0.3 is 11.5 Å². The van der Waals surface area contributed by atoms with Crippen LogP contribution in [0.3, 0.4) is 0 Å². The largest absolute Gasteiger partial charge is 0.370 e. The van der Waals surface area contributed by atoms with Crippen LogP contribution in [-0.4, -0.2) is 12.5 Å². The molecule has 0 unspecified atom stereocenters. The van der Waals surface area contributed by atoms with E-state index in [9.17, 15) is 4.79 Å². The second kappa shape index (κ2) is 5.23. The molecule has 0 aliphatic rings. The molecule has 0 aliphatic carbocycles. The molecule has 0 heterocycles. The van der Waals surface area contributed by atoms with Crippen molar-refractivity contribution in [3.8, 4) is 0 Å². The van der Waals surface area contributed by atoms with Crippen molar-refractivity contribution in [1.82, 2.24) is 0 Å². The average molecular weight is 144 g/mol. The van der Waals surface area contributed by atoms with Crippen molar-refractivity contribution < 1.29 is 4.79 Å². The molecule has 3 nitrogen and oxygen atoms in total. The molecule has 1 atom stereocenters. The Balaban J connectivity index is 3.21. The van der Waals surface area contributed by atoms with Crippen LogP contribution in [0.25, 0.3) is 0 Å². The highest BCUT2D eigenvalue weighted by molar-refractivity contribution is 5.73. The number of hydrogen-bond acceptors (Lipinski definition) is 2. The molecule has 0 aromatic carbocycles. The zero-order valence-electron chi connectivity index (χ0n) is 6.47. The van der Waals surface area contributed by atoms with Crippen LogP contribution in [0, 0.1) is 5.92 Å². The van der Waals surface area contributed by atoms with Crippen LogP contribution in [0.2, 0.25) is 0 Å². The zero-order valence-corrected chi connectivity index (χ0v) is 6.47. The topological polar surface area (TPSA) is 69.1 Å². The summed E-state index contributed by atoms with van der Waals surface area (Å²) >= 11 is 0. The van der Waals surface area contributed by atoms with Crippen LogP contribution in [0.5, 0.6) is 0 Å². The minimum atomic E-state index is -0.219. The standard InChI is InChI=1S/C7H16N2O/c1-6(4-5-8)2-3-7(9)10/h6H,2-5,8H2,1H3,(H2,9,10)/t6-/m0/s1. The van der Waals surface area contributed by atoms with Crippen molar-refractivity contribution in [2.75, 3.05) is 6.54 Å². The second-order valence-electron chi connectivity index (χ2n) is 2.69. The molecule has 0 rings (SSSR count). The normalized spacial score (nSPS) is 13.0. The van der Waals surface area contributed by atoms with Crippen molar-refractivity contribution >= 4 is 5.91 Å². The van der Waals surface area contributed by atoms with Crippen molar-refractivity contribution in [2.45, 2.75) is 26.2 Å². The molecule has 60 valence electrons. The van der Waals surface area contributed by atoms with Crippen LogP contribution in [0.15, 0.2) is 0 Å². The maximum absolute atomic E-state index is 10.3. The number of hydrogen-bond donors (Lipinski definition) is 2. The second-order valence-corrected chi connectivity index (χ2v) is 2.69. The summed E-state index contributed by atoms with van der Waals surface area (Å²) in [6, 6.07) is 0. The first-order valence-corrected chi connectivity index (χ1v) is 3.65. The summed E-state index contributed by atoms with van der Waals surface area (Å²) in [5.74, 6) is 0.307. The van der Waals surface area contributed by atoms with E-state index in [2.05, 4.69) is 6.92 Å². The summed E-state index contributed by atoms with van der Waals surface area (Å²) in [7, 11) is 0. The summed E-state index contributed by atoms with van der Waals surface area (Å²) < 4.78 is 0. The lowest BCUT2D eigenvalue weighted by Crippen LogP contribution is -2.13. The van der Waals surface area contributed by atoms with Gasteiger partial charge in [0.15, 0.2) is 0 Å². The van der Waals surface area contributed by atoms with Gasteiger partial charge in [-0.15, -0.1) is 0 Å². The van der Waals surface area contributed by atoms with Crippen LogP contribution in [-0.2, 0) is 4.79 Å². The molecular formula is C7H16N2O. The lowest BCUT2D eigenvalue weighted by atomic mass is 10.0. The van der Waals surface area contributed by atoms with E-state index < -0.39 is 0 Å². The summed E-state index contributed by atoms with van der Waals surface area (Å²) in [4.78, 5) is 10.3. The van der Waals surface area contributed by atoms with Crippen molar-refractivity contribution in [2.24, 2.45) is 17.4 Å². The van der Waals surface area contributed by atoms with Crippen LogP contribution >= 0.6 is 0 Å². The number of primary amides is 1. The third-order valence-electron chi connectivity index (χ3n) is 1.54. The lowest BCUT2D eigenvalue weighted by Gasteiger charge is -2.06. The van der Waals surface area contributed by atoms with E-state index in [4.69, 9.17) is 11.5 Å². The minimum Gasteiger partial charge on any atom is -0.370 e. The Labute approximate surface area is 61.8 Å². The summed E-state index contributed by atoms with van der Waals surface area (Å²) in [6.07, 6.45) is 2.33. The Bertz CT molecular complexity index is 104. The highest BCUT2D eigenvalue weighted by Gasteiger charge is 2.01. The van der Waals surface area contributed by atoms with Gasteiger partial charge in [0.25, 0.3) is 0 Å². The van der Waals surface area contributed by atoms with E-state index in [1.807, 2.05) is 0 Å². The fraction of sp³-hybridized carbons (Fsp3) is 0.857. The molecule has 10 heavy (non-hydrogen) atoms. The number of rotatable bonds is 5. The predicted octanol–water partition coefficient (Wildman–Crippen LogP) is 0.237. The van der Waals surface area contributed by atoms with E-state index in [0.29, 0.717) is 18.9 Å². The van der Waals surface area contributed by atoms with Crippen LogP contribution in [0.1, 0.15) is 26.2 Å². The highest BCUT2D eigenvalue weighted by Crippen LogP contribution is 2.07. The molecule has 0 spiro atoms. The van der Waals surface area contributed by atoms with E-state index in [0.717, 1.165) is 12.8 Å². The summed E-state index contributed by atoms with van der Waals surface area (Å²) in [5, 5.41) is 0. The van der Waals surface area contributed by atoms with Gasteiger partial charge in [0, 0.05) is 6.42 Å². The fourth-order valence-corrected chi connectivity index (χ4v) is 0.818. The van der Waals surface area contributed by atoms with Gasteiger partial charge in [-0.2, -0.15) is 0 Å². The van der Waals surface area contributed by atoms with E-state index >= 15 is 0 Å². The molecule has 1 amide bonds. The first-order valence-electron chi connectivity index (χ1n) is 3.65. The summed E-state index contributed by atoms with van der Waals surface area (Å²) in [5.41, 5.74) is 10.3.